The first kappa shape index (κ1) is 33.0. The number of hydrogen-bond donors (Lipinski definition) is 4. The van der Waals surface area contributed by atoms with Crippen LogP contribution in [0.15, 0.2) is 105 Å². The number of pyridine rings is 3. The first-order valence-corrected chi connectivity index (χ1v) is 12.9. The van der Waals surface area contributed by atoms with Crippen molar-refractivity contribution in [2.75, 3.05) is 6.54 Å². The molecule has 0 saturated carbocycles. The summed E-state index contributed by atoms with van der Waals surface area (Å²) < 4.78 is 5.69. The average Bonchev–Trinajstić information content (AvgIpc) is 3.90. The number of hydrazine groups is 1. The SMILES string of the molecule is N#Cc1ccn2ccnc2c1.N=C(CN)c1ccn2ccnc2c1.NN.O=CC=O.c1cnc(-c2ccn3ccnc3c2)nn1. The minimum Gasteiger partial charge on any atom is -0.325 e. The van der Waals surface area contributed by atoms with Crippen molar-refractivity contribution < 1.29 is 9.59 Å². The van der Waals surface area contributed by atoms with E-state index in [-0.39, 0.29) is 19.1 Å². The van der Waals surface area contributed by atoms with E-state index in [0.29, 0.717) is 17.1 Å². The van der Waals surface area contributed by atoms with Gasteiger partial charge in [-0.1, -0.05) is 0 Å². The van der Waals surface area contributed by atoms with E-state index in [1.165, 1.54) is 0 Å². The van der Waals surface area contributed by atoms with Crippen molar-refractivity contribution >= 4 is 35.2 Å². The van der Waals surface area contributed by atoms with Gasteiger partial charge in [0.2, 0.25) is 0 Å². The Morgan fingerprint density at radius 1 is 0.756 bits per heavy atom. The third kappa shape index (κ3) is 9.22. The van der Waals surface area contributed by atoms with Crippen molar-refractivity contribution in [3.63, 3.8) is 0 Å². The molecule has 0 aliphatic carbocycles. The third-order valence-corrected chi connectivity index (χ3v) is 5.67. The molecule has 45 heavy (non-hydrogen) atoms. The highest BCUT2D eigenvalue weighted by atomic mass is 16.2. The Kier molecular flexibility index (Phi) is 12.8. The van der Waals surface area contributed by atoms with E-state index in [0.717, 1.165) is 28.1 Å². The van der Waals surface area contributed by atoms with Gasteiger partial charge >= 0.3 is 0 Å². The number of nitrogens with zero attached hydrogens (tertiary/aromatic N) is 10. The number of carbonyl (C=O) groups excluding carboxylic acids is 2. The number of imidazole rings is 3. The molecule has 0 atom stereocenters. The molecule has 0 bridgehead atoms. The Balaban J connectivity index is 0.000000171. The lowest BCUT2D eigenvalue weighted by Gasteiger charge is -2.00. The lowest BCUT2D eigenvalue weighted by Crippen LogP contribution is -2.13. The zero-order valence-corrected chi connectivity index (χ0v) is 23.7. The maximum absolute atomic E-state index is 8.81. The van der Waals surface area contributed by atoms with Crippen molar-refractivity contribution in [2.45, 2.75) is 0 Å². The number of hydrogen-bond acceptors (Lipinski definition) is 13. The summed E-state index contributed by atoms with van der Waals surface area (Å²) in [5, 5.41) is 23.8. The van der Waals surface area contributed by atoms with E-state index in [9.17, 15) is 0 Å². The van der Waals surface area contributed by atoms with Crippen LogP contribution in [0.4, 0.5) is 0 Å². The molecule has 7 heterocycles. The molecular weight excluding hydrogens is 576 g/mol. The molecule has 16 nitrogen and oxygen atoms in total. The summed E-state index contributed by atoms with van der Waals surface area (Å²) in [4.78, 5) is 34.1. The first-order chi connectivity index (χ1) is 22.1. The fourth-order valence-electron chi connectivity index (χ4n) is 3.62. The van der Waals surface area contributed by atoms with Gasteiger partial charge in [-0.3, -0.25) is 21.3 Å². The Morgan fingerprint density at radius 3 is 1.84 bits per heavy atom. The first-order valence-electron chi connectivity index (χ1n) is 12.9. The van der Waals surface area contributed by atoms with Gasteiger partial charge in [-0.05, 0) is 36.4 Å². The van der Waals surface area contributed by atoms with Gasteiger partial charge in [-0.25, -0.2) is 19.9 Å². The fourth-order valence-corrected chi connectivity index (χ4v) is 3.62. The van der Waals surface area contributed by atoms with Gasteiger partial charge in [0, 0.05) is 79.6 Å². The summed E-state index contributed by atoms with van der Waals surface area (Å²) in [6.07, 6.45) is 20.0. The van der Waals surface area contributed by atoms with Gasteiger partial charge in [-0.2, -0.15) is 10.4 Å². The molecule has 7 rings (SSSR count). The highest BCUT2D eigenvalue weighted by Crippen LogP contribution is 2.14. The Labute approximate surface area is 255 Å². The smallest absolute Gasteiger partial charge is 0.182 e. The maximum atomic E-state index is 8.81. The molecule has 7 N–H and O–H groups in total. The number of rotatable bonds is 4. The molecular formula is C29H28N14O2. The standard InChI is InChI=1S/C10H7N5.C9H10N4.C8H5N3.C2H2O2.H4N2/c1-5-15-6-4-11-9(15)7-8(1)10-12-2-3-13-14-10;10-6-8(11)7-1-3-13-4-2-12-9(13)5-7;9-6-7-1-3-11-4-2-10-8(11)5-7;3-1-2-4;1-2/h1-7H;1-5,11H,6,10H2;1-5H;1-2H;1-2H2. The molecule has 226 valence electrons. The largest absolute Gasteiger partial charge is 0.325 e. The van der Waals surface area contributed by atoms with Crippen molar-refractivity contribution in [1.82, 2.24) is 43.3 Å². The van der Waals surface area contributed by atoms with E-state index in [1.807, 2.05) is 74.6 Å². The maximum Gasteiger partial charge on any atom is 0.182 e. The van der Waals surface area contributed by atoms with Crippen LogP contribution in [0.3, 0.4) is 0 Å². The summed E-state index contributed by atoms with van der Waals surface area (Å²) in [6, 6.07) is 13.1. The molecule has 7 aromatic rings. The van der Waals surface area contributed by atoms with Crippen LogP contribution in [-0.4, -0.2) is 68.2 Å². The van der Waals surface area contributed by atoms with Crippen LogP contribution in [0.1, 0.15) is 11.1 Å². The minimum atomic E-state index is 0.194. The zero-order chi connectivity index (χ0) is 32.4. The van der Waals surface area contributed by atoms with Gasteiger partial charge in [0.15, 0.2) is 18.4 Å². The molecule has 0 fully saturated rings. The second-order valence-corrected chi connectivity index (χ2v) is 8.36. The number of fused-ring (bicyclic) bond motifs is 3. The van der Waals surface area contributed by atoms with Crippen molar-refractivity contribution in [3.8, 4) is 17.5 Å². The zero-order valence-electron chi connectivity index (χ0n) is 23.7. The lowest BCUT2D eigenvalue weighted by molar-refractivity contribution is -0.122. The van der Waals surface area contributed by atoms with Gasteiger partial charge in [-0.15, -0.1) is 5.10 Å². The molecule has 7 aromatic heterocycles. The van der Waals surface area contributed by atoms with Gasteiger partial charge < -0.3 is 24.3 Å². The molecule has 0 spiro atoms. The molecule has 0 radical (unpaired) electrons. The number of nitriles is 1. The summed E-state index contributed by atoms with van der Waals surface area (Å²) in [5.74, 6) is 8.61. The second-order valence-electron chi connectivity index (χ2n) is 8.36. The molecule has 0 saturated heterocycles. The van der Waals surface area contributed by atoms with Crippen LogP contribution >= 0.6 is 0 Å². The van der Waals surface area contributed by atoms with Gasteiger partial charge in [0.1, 0.15) is 16.9 Å². The van der Waals surface area contributed by atoms with Crippen LogP contribution in [0, 0.1) is 16.7 Å². The predicted octanol–water partition coefficient (Wildman–Crippen LogP) is 1.26. The monoisotopic (exact) mass is 604 g/mol. The van der Waals surface area contributed by atoms with Gasteiger partial charge in [0.05, 0.1) is 23.5 Å². The topological polar surface area (TPSA) is 250 Å². The van der Waals surface area contributed by atoms with Crippen LogP contribution in [0.5, 0.6) is 0 Å². The molecule has 0 aliphatic rings. The Bertz CT molecular complexity index is 2000. The number of aromatic nitrogens is 9. The number of nitrogens with two attached hydrogens (primary N) is 3. The van der Waals surface area contributed by atoms with Gasteiger partial charge in [0.25, 0.3) is 0 Å². The quantitative estimate of drug-likeness (QED) is 0.0728. The molecule has 0 amide bonds. The predicted molar refractivity (Wildman–Crippen MR) is 165 cm³/mol. The van der Waals surface area contributed by atoms with Crippen molar-refractivity contribution in [2.24, 2.45) is 17.4 Å². The summed E-state index contributed by atoms with van der Waals surface area (Å²) in [7, 11) is 0. The summed E-state index contributed by atoms with van der Waals surface area (Å²) in [5.41, 5.74) is 10.7. The Hall–Kier alpha value is -6.54. The lowest BCUT2D eigenvalue weighted by atomic mass is 10.1. The Morgan fingerprint density at radius 2 is 1.31 bits per heavy atom. The van der Waals surface area contributed by atoms with Crippen LogP contribution < -0.4 is 17.4 Å². The van der Waals surface area contributed by atoms with E-state index < -0.39 is 0 Å². The van der Waals surface area contributed by atoms with E-state index in [2.05, 4.69) is 47.9 Å². The van der Waals surface area contributed by atoms with Crippen LogP contribution in [0.2, 0.25) is 0 Å². The number of aldehydes is 2. The normalized spacial score (nSPS) is 9.56. The minimum absolute atomic E-state index is 0.194. The average molecular weight is 605 g/mol. The number of nitrogens with one attached hydrogen (secondary N) is 1. The molecule has 16 heteroatoms. The summed E-state index contributed by atoms with van der Waals surface area (Å²) in [6.45, 7) is 0.261. The summed E-state index contributed by atoms with van der Waals surface area (Å²) >= 11 is 0. The number of carbonyl (C=O) groups is 2. The van der Waals surface area contributed by atoms with Crippen LogP contribution in [0.25, 0.3) is 28.3 Å². The highest BCUT2D eigenvalue weighted by molar-refractivity contribution is 6.09. The highest BCUT2D eigenvalue weighted by Gasteiger charge is 2.02. The third-order valence-electron chi connectivity index (χ3n) is 5.67. The molecule has 0 unspecified atom stereocenters. The molecule has 0 aromatic carbocycles. The van der Waals surface area contributed by atoms with Crippen molar-refractivity contribution in [1.29, 1.82) is 10.7 Å². The van der Waals surface area contributed by atoms with E-state index in [1.54, 1.807) is 43.1 Å². The second kappa shape index (κ2) is 17.4. The van der Waals surface area contributed by atoms with E-state index >= 15 is 0 Å². The van der Waals surface area contributed by atoms with E-state index in [4.69, 9.17) is 26.0 Å². The van der Waals surface area contributed by atoms with Crippen molar-refractivity contribution in [3.05, 3.63) is 116 Å². The molecule has 0 aliphatic heterocycles. The fraction of sp³-hybridized carbons (Fsp3) is 0.0345. The van der Waals surface area contributed by atoms with Crippen LogP contribution in [-0.2, 0) is 9.59 Å².